The molecule has 0 unspecified atom stereocenters. The van der Waals surface area contributed by atoms with Crippen LogP contribution in [0.15, 0.2) is 30.6 Å². The zero-order valence-electron chi connectivity index (χ0n) is 12.2. The Hall–Kier alpha value is -2.57. The van der Waals surface area contributed by atoms with Crippen LogP contribution in [0.3, 0.4) is 0 Å². The summed E-state index contributed by atoms with van der Waals surface area (Å²) in [5.74, 6) is 0.865. The maximum absolute atomic E-state index is 11.0. The molecular weight excluding hydrogens is 270 g/mol. The number of nitrogens with zero attached hydrogens (tertiary/aromatic N) is 3. The summed E-state index contributed by atoms with van der Waals surface area (Å²) in [7, 11) is 1.91. The van der Waals surface area contributed by atoms with Gasteiger partial charge < -0.3 is 15.2 Å². The number of aryl methyl sites for hydroxylation is 1. The van der Waals surface area contributed by atoms with Crippen LogP contribution in [-0.2, 0) is 13.6 Å². The van der Waals surface area contributed by atoms with Gasteiger partial charge in [0.2, 0.25) is 0 Å². The van der Waals surface area contributed by atoms with Gasteiger partial charge in [-0.2, -0.15) is 0 Å². The zero-order valence-corrected chi connectivity index (χ0v) is 12.2. The van der Waals surface area contributed by atoms with Gasteiger partial charge in [0.1, 0.15) is 5.82 Å². The van der Waals surface area contributed by atoms with Gasteiger partial charge in [-0.15, -0.1) is 0 Å². The van der Waals surface area contributed by atoms with Crippen LogP contribution in [0.25, 0.3) is 0 Å². The summed E-state index contributed by atoms with van der Waals surface area (Å²) in [4.78, 5) is 14.8. The normalized spacial score (nSPS) is 10.4. The Labute approximate surface area is 123 Å². The van der Waals surface area contributed by atoms with E-state index in [1.165, 1.54) is 6.07 Å². The second kappa shape index (κ2) is 6.74. The molecule has 0 atom stereocenters. The van der Waals surface area contributed by atoms with E-state index in [0.29, 0.717) is 12.2 Å². The van der Waals surface area contributed by atoms with Crippen molar-refractivity contribution in [2.45, 2.75) is 19.9 Å². The van der Waals surface area contributed by atoms with Crippen LogP contribution in [-0.4, -0.2) is 21.0 Å². The molecule has 0 aliphatic heterocycles. The Morgan fingerprint density at radius 3 is 2.57 bits per heavy atom. The van der Waals surface area contributed by atoms with E-state index >= 15 is 0 Å². The third-order valence-electron chi connectivity index (χ3n) is 3.08. The second-order valence-electron chi connectivity index (χ2n) is 4.76. The monoisotopic (exact) mass is 289 g/mol. The minimum Gasteiger partial charge on any atom is -0.385 e. The standard InChI is InChI=1S/C14H19N5O2/c1-3-4-15-11-7-12(9-13(8-11)19(20)21)17-10-14-16-5-6-18(14)2/h5-9,15,17H,3-4,10H2,1-2H3. The maximum Gasteiger partial charge on any atom is 0.273 e. The van der Waals surface area contributed by atoms with E-state index in [-0.39, 0.29) is 10.6 Å². The zero-order chi connectivity index (χ0) is 15.2. The van der Waals surface area contributed by atoms with Crippen LogP contribution in [0, 0.1) is 10.1 Å². The average Bonchev–Trinajstić information content (AvgIpc) is 2.88. The van der Waals surface area contributed by atoms with E-state index in [0.717, 1.165) is 24.5 Å². The molecule has 0 spiro atoms. The smallest absolute Gasteiger partial charge is 0.273 e. The Morgan fingerprint density at radius 2 is 2.00 bits per heavy atom. The molecule has 112 valence electrons. The van der Waals surface area contributed by atoms with E-state index in [1.807, 2.05) is 30.8 Å². The van der Waals surface area contributed by atoms with Crippen LogP contribution in [0.1, 0.15) is 19.2 Å². The lowest BCUT2D eigenvalue weighted by Gasteiger charge is -2.10. The van der Waals surface area contributed by atoms with Crippen LogP contribution in [0.5, 0.6) is 0 Å². The summed E-state index contributed by atoms with van der Waals surface area (Å²) in [5, 5.41) is 17.3. The van der Waals surface area contributed by atoms with Gasteiger partial charge in [-0.05, 0) is 12.5 Å². The number of hydrogen-bond acceptors (Lipinski definition) is 5. The number of benzene rings is 1. The van der Waals surface area contributed by atoms with E-state index in [4.69, 9.17) is 0 Å². The van der Waals surface area contributed by atoms with Crippen molar-refractivity contribution in [2.75, 3.05) is 17.2 Å². The summed E-state index contributed by atoms with van der Waals surface area (Å²) in [6.07, 6.45) is 4.54. The summed E-state index contributed by atoms with van der Waals surface area (Å²) in [6, 6.07) is 4.94. The highest BCUT2D eigenvalue weighted by Crippen LogP contribution is 2.24. The number of non-ortho nitro benzene ring substituents is 1. The number of imidazole rings is 1. The predicted octanol–water partition coefficient (Wildman–Crippen LogP) is 2.76. The van der Waals surface area contributed by atoms with Crippen LogP contribution in [0.4, 0.5) is 17.1 Å². The van der Waals surface area contributed by atoms with Crippen molar-refractivity contribution in [2.24, 2.45) is 7.05 Å². The molecule has 0 amide bonds. The average molecular weight is 289 g/mol. The first-order chi connectivity index (χ1) is 10.1. The minimum absolute atomic E-state index is 0.0680. The Balaban J connectivity index is 2.15. The van der Waals surface area contributed by atoms with E-state index < -0.39 is 0 Å². The van der Waals surface area contributed by atoms with Crippen LogP contribution >= 0.6 is 0 Å². The fourth-order valence-electron chi connectivity index (χ4n) is 1.94. The molecule has 7 nitrogen and oxygen atoms in total. The van der Waals surface area contributed by atoms with Crippen molar-refractivity contribution in [1.29, 1.82) is 0 Å². The lowest BCUT2D eigenvalue weighted by Crippen LogP contribution is -2.07. The van der Waals surface area contributed by atoms with Gasteiger partial charge in [0.05, 0.1) is 11.5 Å². The number of aromatic nitrogens is 2. The molecule has 2 aromatic rings. The molecule has 1 heterocycles. The molecule has 0 aliphatic rings. The van der Waals surface area contributed by atoms with Crippen molar-refractivity contribution in [1.82, 2.24) is 9.55 Å². The van der Waals surface area contributed by atoms with Gasteiger partial charge in [0.15, 0.2) is 0 Å². The van der Waals surface area contributed by atoms with Gasteiger partial charge in [-0.1, -0.05) is 6.92 Å². The summed E-state index contributed by atoms with van der Waals surface area (Å²) in [5.41, 5.74) is 1.51. The molecule has 2 rings (SSSR count). The molecule has 0 aliphatic carbocycles. The molecule has 0 saturated heterocycles. The van der Waals surface area contributed by atoms with Gasteiger partial charge in [-0.3, -0.25) is 10.1 Å². The Bertz CT molecular complexity index is 624. The molecule has 1 aromatic heterocycles. The quantitative estimate of drug-likeness (QED) is 0.604. The molecule has 0 saturated carbocycles. The Morgan fingerprint density at radius 1 is 1.29 bits per heavy atom. The highest BCUT2D eigenvalue weighted by Gasteiger charge is 2.10. The predicted molar refractivity (Wildman–Crippen MR) is 82.4 cm³/mol. The van der Waals surface area contributed by atoms with Crippen molar-refractivity contribution in [3.63, 3.8) is 0 Å². The summed E-state index contributed by atoms with van der Waals surface area (Å²) in [6.45, 7) is 3.34. The topological polar surface area (TPSA) is 85.0 Å². The lowest BCUT2D eigenvalue weighted by atomic mass is 10.2. The summed E-state index contributed by atoms with van der Waals surface area (Å²) >= 11 is 0. The molecule has 0 radical (unpaired) electrons. The Kier molecular flexibility index (Phi) is 4.76. The molecule has 2 N–H and O–H groups in total. The number of nitro groups is 1. The van der Waals surface area contributed by atoms with E-state index in [2.05, 4.69) is 15.6 Å². The fourth-order valence-corrected chi connectivity index (χ4v) is 1.94. The first-order valence-electron chi connectivity index (χ1n) is 6.83. The van der Waals surface area contributed by atoms with Gasteiger partial charge >= 0.3 is 0 Å². The van der Waals surface area contributed by atoms with E-state index in [9.17, 15) is 10.1 Å². The largest absolute Gasteiger partial charge is 0.385 e. The highest BCUT2D eigenvalue weighted by atomic mass is 16.6. The lowest BCUT2D eigenvalue weighted by molar-refractivity contribution is -0.384. The summed E-state index contributed by atoms with van der Waals surface area (Å²) < 4.78 is 1.90. The number of nitro benzene ring substituents is 1. The van der Waals surface area contributed by atoms with Crippen LogP contribution < -0.4 is 10.6 Å². The fraction of sp³-hybridized carbons (Fsp3) is 0.357. The van der Waals surface area contributed by atoms with Crippen molar-refractivity contribution < 1.29 is 4.92 Å². The SMILES string of the molecule is CCCNc1cc(NCc2nccn2C)cc([N+](=O)[O-])c1. The molecule has 0 fully saturated rings. The number of rotatable bonds is 7. The first-order valence-corrected chi connectivity index (χ1v) is 6.83. The van der Waals surface area contributed by atoms with Crippen molar-refractivity contribution in [3.8, 4) is 0 Å². The number of nitrogens with one attached hydrogen (secondary N) is 2. The first kappa shape index (κ1) is 14.8. The number of anilines is 2. The van der Waals surface area contributed by atoms with Crippen LogP contribution in [0.2, 0.25) is 0 Å². The van der Waals surface area contributed by atoms with Gasteiger partial charge in [0.25, 0.3) is 5.69 Å². The molecular formula is C14H19N5O2. The molecule has 1 aromatic carbocycles. The van der Waals surface area contributed by atoms with Gasteiger partial charge in [-0.25, -0.2) is 4.98 Å². The van der Waals surface area contributed by atoms with Gasteiger partial charge in [0, 0.05) is 49.5 Å². The third kappa shape index (κ3) is 3.95. The molecule has 21 heavy (non-hydrogen) atoms. The van der Waals surface area contributed by atoms with Crippen molar-refractivity contribution >= 4 is 17.1 Å². The number of hydrogen-bond donors (Lipinski definition) is 2. The highest BCUT2D eigenvalue weighted by molar-refractivity contribution is 5.63. The third-order valence-corrected chi connectivity index (χ3v) is 3.08. The second-order valence-corrected chi connectivity index (χ2v) is 4.76. The van der Waals surface area contributed by atoms with Crippen molar-refractivity contribution in [3.05, 3.63) is 46.5 Å². The minimum atomic E-state index is -0.386. The van der Waals surface area contributed by atoms with E-state index in [1.54, 1.807) is 12.3 Å². The molecule has 0 bridgehead atoms. The molecule has 7 heteroatoms. The maximum atomic E-state index is 11.0.